The van der Waals surface area contributed by atoms with Gasteiger partial charge in [0.05, 0.1) is 4.91 Å². The van der Waals surface area contributed by atoms with E-state index in [0.717, 1.165) is 16.7 Å². The Kier molecular flexibility index (Phi) is 7.59. The van der Waals surface area contributed by atoms with Crippen LogP contribution in [0.1, 0.15) is 5.56 Å². The maximum absolute atomic E-state index is 12.7. The van der Waals surface area contributed by atoms with Gasteiger partial charge in [0.25, 0.3) is 17.1 Å². The van der Waals surface area contributed by atoms with Gasteiger partial charge in [-0.05, 0) is 59.8 Å². The highest BCUT2D eigenvalue weighted by Crippen LogP contribution is 2.32. The van der Waals surface area contributed by atoms with Crippen LogP contribution < -0.4 is 15.4 Å². The lowest BCUT2D eigenvalue weighted by Crippen LogP contribution is -2.36. The number of nitrogens with one attached hydrogen (secondary N) is 2. The largest absolute Gasteiger partial charge is 0.484 e. The number of amides is 4. The van der Waals surface area contributed by atoms with Crippen LogP contribution in [-0.4, -0.2) is 41.0 Å². The Balaban J connectivity index is 1.35. The van der Waals surface area contributed by atoms with E-state index in [1.54, 1.807) is 66.7 Å². The molecule has 1 saturated heterocycles. The molecule has 0 atom stereocenters. The Morgan fingerprint density at radius 3 is 2.11 bits per heavy atom. The number of rotatable bonds is 8. The predicted molar refractivity (Wildman–Crippen MR) is 135 cm³/mol. The number of carbonyl (C=O) groups is 4. The molecule has 1 fully saturated rings. The smallest absolute Gasteiger partial charge is 0.294 e. The second kappa shape index (κ2) is 11.2. The third-order valence-electron chi connectivity index (χ3n) is 4.82. The van der Waals surface area contributed by atoms with Gasteiger partial charge in [0.1, 0.15) is 12.3 Å². The van der Waals surface area contributed by atoms with E-state index in [0.29, 0.717) is 22.7 Å². The molecule has 2 N–H and O–H groups in total. The van der Waals surface area contributed by atoms with Crippen molar-refractivity contribution in [3.8, 4) is 5.75 Å². The zero-order valence-corrected chi connectivity index (χ0v) is 19.3. The van der Waals surface area contributed by atoms with Gasteiger partial charge in [0, 0.05) is 11.4 Å². The molecular weight excluding hydrogens is 466 g/mol. The van der Waals surface area contributed by atoms with E-state index in [-0.39, 0.29) is 24.0 Å². The van der Waals surface area contributed by atoms with Crippen molar-refractivity contribution in [3.05, 3.63) is 95.4 Å². The summed E-state index contributed by atoms with van der Waals surface area (Å²) < 4.78 is 5.56. The monoisotopic (exact) mass is 487 g/mol. The zero-order chi connectivity index (χ0) is 24.6. The van der Waals surface area contributed by atoms with Crippen molar-refractivity contribution in [1.29, 1.82) is 0 Å². The third-order valence-corrected chi connectivity index (χ3v) is 5.72. The molecule has 1 aliphatic heterocycles. The van der Waals surface area contributed by atoms with Crippen molar-refractivity contribution < 1.29 is 23.9 Å². The van der Waals surface area contributed by atoms with Crippen molar-refractivity contribution in [3.63, 3.8) is 0 Å². The summed E-state index contributed by atoms with van der Waals surface area (Å²) in [6.07, 6.45) is 1.55. The van der Waals surface area contributed by atoms with Gasteiger partial charge in [-0.2, -0.15) is 0 Å². The van der Waals surface area contributed by atoms with E-state index < -0.39 is 17.1 Å². The number of nitrogens with zero attached hydrogens (tertiary/aromatic N) is 1. The molecule has 0 aliphatic carbocycles. The lowest BCUT2D eigenvalue weighted by atomic mass is 10.2. The highest BCUT2D eigenvalue weighted by molar-refractivity contribution is 8.18. The second-order valence-corrected chi connectivity index (χ2v) is 8.45. The standard InChI is InChI=1S/C26H21N3O5S/c30-23(27-19-9-3-1-4-10-19)16-29-25(32)22(35-26(29)33)15-18-8-7-13-21(14-18)34-17-24(31)28-20-11-5-2-6-12-20/h1-15H,16-17H2,(H,27,30)(H,28,31)/b22-15-. The fraction of sp³-hybridized carbons (Fsp3) is 0.0769. The van der Waals surface area contributed by atoms with E-state index in [9.17, 15) is 19.2 Å². The van der Waals surface area contributed by atoms with Gasteiger partial charge < -0.3 is 15.4 Å². The van der Waals surface area contributed by atoms with Gasteiger partial charge in [-0.15, -0.1) is 0 Å². The summed E-state index contributed by atoms with van der Waals surface area (Å²) in [5, 5.41) is 4.87. The first-order valence-electron chi connectivity index (χ1n) is 10.7. The van der Waals surface area contributed by atoms with E-state index in [1.165, 1.54) is 0 Å². The van der Waals surface area contributed by atoms with Crippen molar-refractivity contribution in [2.75, 3.05) is 23.8 Å². The first-order chi connectivity index (χ1) is 17.0. The number of benzene rings is 3. The summed E-state index contributed by atoms with van der Waals surface area (Å²) >= 11 is 0.764. The Morgan fingerprint density at radius 1 is 0.829 bits per heavy atom. The SMILES string of the molecule is O=C(COc1cccc(/C=C2\SC(=O)N(CC(=O)Nc3ccccc3)C2=O)c1)Nc1ccccc1. The Labute approximate surface area is 206 Å². The highest BCUT2D eigenvalue weighted by Gasteiger charge is 2.36. The molecule has 1 heterocycles. The summed E-state index contributed by atoms with van der Waals surface area (Å²) in [5.41, 5.74) is 1.86. The minimum atomic E-state index is -0.545. The summed E-state index contributed by atoms with van der Waals surface area (Å²) in [7, 11) is 0. The number of hydrogen-bond acceptors (Lipinski definition) is 6. The van der Waals surface area contributed by atoms with E-state index >= 15 is 0 Å². The quantitative estimate of drug-likeness (QED) is 0.457. The highest BCUT2D eigenvalue weighted by atomic mass is 32.2. The van der Waals surface area contributed by atoms with Crippen LogP contribution in [-0.2, 0) is 14.4 Å². The first-order valence-corrected chi connectivity index (χ1v) is 11.5. The number of carbonyl (C=O) groups excluding carboxylic acids is 4. The second-order valence-electron chi connectivity index (χ2n) is 7.46. The van der Waals surface area contributed by atoms with Crippen molar-refractivity contribution in [2.45, 2.75) is 0 Å². The van der Waals surface area contributed by atoms with Crippen LogP contribution >= 0.6 is 11.8 Å². The number of hydrogen-bond donors (Lipinski definition) is 2. The zero-order valence-electron chi connectivity index (χ0n) is 18.5. The Morgan fingerprint density at radius 2 is 1.46 bits per heavy atom. The predicted octanol–water partition coefficient (Wildman–Crippen LogP) is 4.38. The molecule has 176 valence electrons. The fourth-order valence-electron chi connectivity index (χ4n) is 3.21. The maximum atomic E-state index is 12.7. The normalized spacial score (nSPS) is 14.2. The van der Waals surface area contributed by atoms with Crippen LogP contribution in [0.25, 0.3) is 6.08 Å². The summed E-state index contributed by atoms with van der Waals surface area (Å²) in [6, 6.07) is 24.6. The number of thioether (sulfide) groups is 1. The molecule has 8 nitrogen and oxygen atoms in total. The van der Waals surface area contributed by atoms with E-state index in [2.05, 4.69) is 10.6 Å². The summed E-state index contributed by atoms with van der Waals surface area (Å²) in [4.78, 5) is 50.6. The molecular formula is C26H21N3O5S. The minimum Gasteiger partial charge on any atom is -0.484 e. The first kappa shape index (κ1) is 23.8. The lowest BCUT2D eigenvalue weighted by Gasteiger charge is -2.12. The third kappa shape index (κ3) is 6.58. The van der Waals surface area contributed by atoms with Crippen molar-refractivity contribution in [1.82, 2.24) is 4.90 Å². The van der Waals surface area contributed by atoms with Crippen LogP contribution in [0.4, 0.5) is 16.2 Å². The van der Waals surface area contributed by atoms with Crippen LogP contribution in [0.2, 0.25) is 0 Å². The van der Waals surface area contributed by atoms with E-state index in [4.69, 9.17) is 4.74 Å². The molecule has 3 aromatic rings. The molecule has 3 aromatic carbocycles. The average molecular weight is 488 g/mol. The number of anilines is 2. The van der Waals surface area contributed by atoms with Gasteiger partial charge in [-0.3, -0.25) is 24.1 Å². The summed E-state index contributed by atoms with van der Waals surface area (Å²) in [5.74, 6) is -0.888. The maximum Gasteiger partial charge on any atom is 0.294 e. The van der Waals surface area contributed by atoms with Crippen LogP contribution in [0.15, 0.2) is 89.8 Å². The topological polar surface area (TPSA) is 105 Å². The molecule has 0 unspecified atom stereocenters. The molecule has 0 saturated carbocycles. The fourth-order valence-corrected chi connectivity index (χ4v) is 4.05. The van der Waals surface area contributed by atoms with Gasteiger partial charge in [0.2, 0.25) is 5.91 Å². The number of imide groups is 1. The minimum absolute atomic E-state index is 0.189. The average Bonchev–Trinajstić information content (AvgIpc) is 3.11. The number of ether oxygens (including phenoxy) is 1. The molecule has 4 rings (SSSR count). The molecule has 0 aromatic heterocycles. The molecule has 0 spiro atoms. The molecule has 1 aliphatic rings. The molecule has 0 radical (unpaired) electrons. The molecule has 0 bridgehead atoms. The van der Waals surface area contributed by atoms with Gasteiger partial charge in [0.15, 0.2) is 6.61 Å². The van der Waals surface area contributed by atoms with Crippen LogP contribution in [0.5, 0.6) is 5.75 Å². The number of para-hydroxylation sites is 2. The van der Waals surface area contributed by atoms with Crippen LogP contribution in [0, 0.1) is 0 Å². The van der Waals surface area contributed by atoms with Gasteiger partial charge in [-0.1, -0.05) is 48.5 Å². The molecule has 4 amide bonds. The van der Waals surface area contributed by atoms with Crippen LogP contribution in [0.3, 0.4) is 0 Å². The Bertz CT molecular complexity index is 1280. The van der Waals surface area contributed by atoms with E-state index in [1.807, 2.05) is 24.3 Å². The Hall–Kier alpha value is -4.37. The van der Waals surface area contributed by atoms with Crippen molar-refractivity contribution in [2.24, 2.45) is 0 Å². The molecule has 9 heteroatoms. The van der Waals surface area contributed by atoms with Gasteiger partial charge in [-0.25, -0.2) is 0 Å². The molecule has 35 heavy (non-hydrogen) atoms. The van der Waals surface area contributed by atoms with Crippen molar-refractivity contribution >= 4 is 52.2 Å². The van der Waals surface area contributed by atoms with Gasteiger partial charge >= 0.3 is 0 Å². The summed E-state index contributed by atoms with van der Waals surface area (Å²) in [6.45, 7) is -0.567. The lowest BCUT2D eigenvalue weighted by molar-refractivity contribution is -0.127.